The summed E-state index contributed by atoms with van der Waals surface area (Å²) in [6.45, 7) is 3.62. The number of ether oxygens (including phenoxy) is 1. The average molecular weight is 452 g/mol. The molecule has 0 amide bonds. The maximum atomic E-state index is 14.5. The van der Waals surface area contributed by atoms with Gasteiger partial charge in [0.25, 0.3) is 0 Å². The second-order valence-electron chi connectivity index (χ2n) is 7.19. The van der Waals surface area contributed by atoms with Crippen molar-refractivity contribution >= 4 is 44.9 Å². The summed E-state index contributed by atoms with van der Waals surface area (Å²) >= 11 is 7.19. The molecule has 1 aromatic carbocycles. The monoisotopic (exact) mass is 451 g/mol. The van der Waals surface area contributed by atoms with E-state index in [0.717, 1.165) is 29.7 Å². The first-order valence-electron chi connectivity index (χ1n) is 9.77. The van der Waals surface area contributed by atoms with E-state index in [1.165, 1.54) is 11.3 Å². The zero-order valence-electron chi connectivity index (χ0n) is 16.3. The Hall–Kier alpha value is -2.32. The third-order valence-corrected chi connectivity index (χ3v) is 6.40. The predicted octanol–water partition coefficient (Wildman–Crippen LogP) is 5.46. The molecule has 158 valence electrons. The van der Waals surface area contributed by atoms with E-state index in [1.807, 2.05) is 11.4 Å². The zero-order chi connectivity index (χ0) is 21.3. The van der Waals surface area contributed by atoms with Crippen LogP contribution in [0.4, 0.5) is 14.6 Å². The molecule has 0 radical (unpaired) electrons. The molecule has 0 N–H and O–H groups in total. The summed E-state index contributed by atoms with van der Waals surface area (Å²) in [6.07, 6.45) is 2.07. The number of fused-ring (bicyclic) bond motifs is 1. The lowest BCUT2D eigenvalue weighted by atomic mass is 9.93. The number of anilines is 1. The van der Waals surface area contributed by atoms with Crippen molar-refractivity contribution in [2.24, 2.45) is 5.92 Å². The molecule has 30 heavy (non-hydrogen) atoms. The van der Waals surface area contributed by atoms with Crippen LogP contribution >= 0.6 is 22.9 Å². The van der Waals surface area contributed by atoms with Gasteiger partial charge in [0.15, 0.2) is 11.6 Å². The average Bonchev–Trinajstić information content (AvgIpc) is 3.19. The van der Waals surface area contributed by atoms with Gasteiger partial charge in [-0.2, -0.15) is 0 Å². The number of esters is 1. The van der Waals surface area contributed by atoms with E-state index in [9.17, 15) is 13.6 Å². The van der Waals surface area contributed by atoms with Gasteiger partial charge in [0, 0.05) is 19.5 Å². The van der Waals surface area contributed by atoms with Crippen LogP contribution in [0.2, 0.25) is 5.02 Å². The molecule has 0 atom stereocenters. The molecular formula is C21H20ClF2N3O2S. The van der Waals surface area contributed by atoms with Crippen LogP contribution in [0.25, 0.3) is 21.6 Å². The van der Waals surface area contributed by atoms with Crippen molar-refractivity contribution in [3.63, 3.8) is 0 Å². The summed E-state index contributed by atoms with van der Waals surface area (Å²) in [5, 5.41) is 1.62. The van der Waals surface area contributed by atoms with Crippen LogP contribution in [0.3, 0.4) is 0 Å². The predicted molar refractivity (Wildman–Crippen MR) is 114 cm³/mol. The standard InChI is InChI=1S/C21H20ClF2N3O2S/c1-2-29-18(28)9-12-3-6-27(7-4-12)21-19-17(5-8-30-19)25-20(26-21)13-10-16(24)14(22)11-15(13)23/h5,8,10-12H,2-4,6-7,9H2,1H3. The van der Waals surface area contributed by atoms with Gasteiger partial charge in [-0.05, 0) is 49.3 Å². The Labute approximate surface area is 181 Å². The van der Waals surface area contributed by atoms with Crippen LogP contribution in [-0.2, 0) is 9.53 Å². The van der Waals surface area contributed by atoms with Crippen molar-refractivity contribution in [3.05, 3.63) is 40.2 Å². The molecule has 0 spiro atoms. The Morgan fingerprint density at radius 2 is 2.03 bits per heavy atom. The number of rotatable bonds is 5. The third-order valence-electron chi connectivity index (χ3n) is 5.21. The zero-order valence-corrected chi connectivity index (χ0v) is 17.9. The molecule has 9 heteroatoms. The van der Waals surface area contributed by atoms with Crippen molar-refractivity contribution in [1.29, 1.82) is 0 Å². The fraction of sp³-hybridized carbons (Fsp3) is 0.381. The highest BCUT2D eigenvalue weighted by atomic mass is 35.5. The normalized spacial score (nSPS) is 15.0. The Morgan fingerprint density at radius 1 is 1.27 bits per heavy atom. The fourth-order valence-electron chi connectivity index (χ4n) is 3.68. The molecule has 1 fully saturated rings. The molecule has 5 nitrogen and oxygen atoms in total. The van der Waals surface area contributed by atoms with Crippen molar-refractivity contribution in [3.8, 4) is 11.4 Å². The first-order chi connectivity index (χ1) is 14.5. The Bertz CT molecular complexity index is 1080. The maximum absolute atomic E-state index is 14.5. The second-order valence-corrected chi connectivity index (χ2v) is 8.51. The van der Waals surface area contributed by atoms with Crippen molar-refractivity contribution < 1.29 is 18.3 Å². The molecular weight excluding hydrogens is 432 g/mol. The molecule has 0 aliphatic carbocycles. The van der Waals surface area contributed by atoms with Crippen LogP contribution in [0, 0.1) is 17.6 Å². The fourth-order valence-corrected chi connectivity index (χ4v) is 4.68. The maximum Gasteiger partial charge on any atom is 0.306 e. The summed E-state index contributed by atoms with van der Waals surface area (Å²) in [7, 11) is 0. The highest BCUT2D eigenvalue weighted by molar-refractivity contribution is 7.17. The number of thiophene rings is 1. The quantitative estimate of drug-likeness (QED) is 0.381. The Kier molecular flexibility index (Phi) is 6.15. The lowest BCUT2D eigenvalue weighted by molar-refractivity contribution is -0.144. The largest absolute Gasteiger partial charge is 0.466 e. The summed E-state index contributed by atoms with van der Waals surface area (Å²) in [5.74, 6) is -0.463. The van der Waals surface area contributed by atoms with E-state index >= 15 is 0 Å². The van der Waals surface area contributed by atoms with E-state index in [0.29, 0.717) is 37.5 Å². The van der Waals surface area contributed by atoms with Gasteiger partial charge >= 0.3 is 5.97 Å². The van der Waals surface area contributed by atoms with Crippen LogP contribution in [-0.4, -0.2) is 35.6 Å². The summed E-state index contributed by atoms with van der Waals surface area (Å²) in [6, 6.07) is 3.81. The summed E-state index contributed by atoms with van der Waals surface area (Å²) in [4.78, 5) is 22.9. The SMILES string of the molecule is CCOC(=O)CC1CCN(c2nc(-c3cc(F)c(Cl)cc3F)nc3ccsc23)CC1. The van der Waals surface area contributed by atoms with Crippen LogP contribution in [0.15, 0.2) is 23.6 Å². The molecule has 1 aliphatic rings. The minimum atomic E-state index is -0.719. The van der Waals surface area contributed by atoms with Gasteiger partial charge in [-0.3, -0.25) is 4.79 Å². The first-order valence-corrected chi connectivity index (χ1v) is 11.0. The Morgan fingerprint density at radius 3 is 2.77 bits per heavy atom. The van der Waals surface area contributed by atoms with E-state index in [1.54, 1.807) is 6.92 Å². The number of hydrogen-bond acceptors (Lipinski definition) is 6. The number of piperidine rings is 1. The molecule has 4 rings (SSSR count). The lowest BCUT2D eigenvalue weighted by Crippen LogP contribution is -2.35. The lowest BCUT2D eigenvalue weighted by Gasteiger charge is -2.32. The molecule has 1 aliphatic heterocycles. The minimum Gasteiger partial charge on any atom is -0.466 e. The molecule has 3 aromatic rings. The smallest absolute Gasteiger partial charge is 0.306 e. The van der Waals surface area contributed by atoms with Gasteiger partial charge in [-0.15, -0.1) is 11.3 Å². The van der Waals surface area contributed by atoms with Crippen molar-refractivity contribution in [2.45, 2.75) is 26.2 Å². The first kappa shape index (κ1) is 20.9. The van der Waals surface area contributed by atoms with Gasteiger partial charge in [-0.25, -0.2) is 18.7 Å². The topological polar surface area (TPSA) is 55.3 Å². The second kappa shape index (κ2) is 8.81. The van der Waals surface area contributed by atoms with Crippen LogP contribution in [0.5, 0.6) is 0 Å². The third kappa shape index (κ3) is 4.25. The van der Waals surface area contributed by atoms with Crippen molar-refractivity contribution in [2.75, 3.05) is 24.6 Å². The highest BCUT2D eigenvalue weighted by Gasteiger charge is 2.25. The van der Waals surface area contributed by atoms with Gasteiger partial charge < -0.3 is 9.64 Å². The van der Waals surface area contributed by atoms with Gasteiger partial charge in [0.2, 0.25) is 0 Å². The number of hydrogen-bond donors (Lipinski definition) is 0. The Balaban J connectivity index is 1.62. The molecule has 3 heterocycles. The molecule has 0 bridgehead atoms. The number of carbonyl (C=O) groups is 1. The van der Waals surface area contributed by atoms with Crippen LogP contribution < -0.4 is 4.90 Å². The highest BCUT2D eigenvalue weighted by Crippen LogP contribution is 2.35. The van der Waals surface area contributed by atoms with E-state index in [4.69, 9.17) is 16.3 Å². The number of halogens is 3. The molecule has 0 unspecified atom stereocenters. The van der Waals surface area contributed by atoms with E-state index in [2.05, 4.69) is 14.9 Å². The summed E-state index contributed by atoms with van der Waals surface area (Å²) < 4.78 is 34.4. The van der Waals surface area contributed by atoms with Crippen molar-refractivity contribution in [1.82, 2.24) is 9.97 Å². The van der Waals surface area contributed by atoms with Gasteiger partial charge in [0.05, 0.1) is 27.4 Å². The number of aromatic nitrogens is 2. The van der Waals surface area contributed by atoms with E-state index < -0.39 is 11.6 Å². The summed E-state index contributed by atoms with van der Waals surface area (Å²) in [5.41, 5.74) is 0.659. The minimum absolute atomic E-state index is 0.0246. The molecule has 0 saturated carbocycles. The van der Waals surface area contributed by atoms with Crippen LogP contribution in [0.1, 0.15) is 26.2 Å². The molecule has 1 saturated heterocycles. The van der Waals surface area contributed by atoms with Gasteiger partial charge in [0.1, 0.15) is 11.6 Å². The number of benzene rings is 1. The van der Waals surface area contributed by atoms with E-state index in [-0.39, 0.29) is 28.3 Å². The van der Waals surface area contributed by atoms with Gasteiger partial charge in [-0.1, -0.05) is 11.6 Å². The number of nitrogens with zero attached hydrogens (tertiary/aromatic N) is 3. The molecule has 2 aromatic heterocycles. The number of carbonyl (C=O) groups excluding carboxylic acids is 1.